The van der Waals surface area contributed by atoms with E-state index in [1.165, 1.54) is 0 Å². The van der Waals surface area contributed by atoms with E-state index in [4.69, 9.17) is 0 Å². The van der Waals surface area contributed by atoms with Crippen molar-refractivity contribution in [2.75, 3.05) is 0 Å². The van der Waals surface area contributed by atoms with Crippen LogP contribution in [0.5, 0.6) is 5.75 Å². The number of aromatic hydroxyl groups is 1. The molecule has 2 nitrogen and oxygen atoms in total. The van der Waals surface area contributed by atoms with E-state index in [-0.39, 0.29) is 5.75 Å². The molecule has 0 spiro atoms. The highest BCUT2D eigenvalue weighted by Crippen LogP contribution is 2.32. The second-order valence-corrected chi connectivity index (χ2v) is 4.60. The predicted molar refractivity (Wildman–Crippen MR) is 63.2 cm³/mol. The molecule has 0 aliphatic carbocycles. The lowest BCUT2D eigenvalue weighted by Crippen LogP contribution is -1.81. The van der Waals surface area contributed by atoms with Crippen LogP contribution in [0.25, 0.3) is 6.08 Å². The third-order valence-corrected chi connectivity index (χ3v) is 2.69. The van der Waals surface area contributed by atoms with Crippen LogP contribution in [0.2, 0.25) is 0 Å². The monoisotopic (exact) mass is 318 g/mol. The van der Waals surface area contributed by atoms with Crippen LogP contribution in [0.15, 0.2) is 26.7 Å². The zero-order chi connectivity index (χ0) is 10.7. The summed E-state index contributed by atoms with van der Waals surface area (Å²) in [5.74, 6) is 0.134. The van der Waals surface area contributed by atoms with Crippen molar-refractivity contribution in [2.45, 2.75) is 6.92 Å². The van der Waals surface area contributed by atoms with Gasteiger partial charge in [-0.15, -0.1) is 0 Å². The maximum absolute atomic E-state index is 10.4. The zero-order valence-electron chi connectivity index (χ0n) is 7.42. The van der Waals surface area contributed by atoms with Crippen molar-refractivity contribution in [3.63, 3.8) is 0 Å². The number of allylic oxidation sites excluding steroid dienone is 1. The average molecular weight is 320 g/mol. The number of hydrogen-bond acceptors (Lipinski definition) is 2. The fourth-order valence-corrected chi connectivity index (χ4v) is 2.23. The Morgan fingerprint density at radius 2 is 2.07 bits per heavy atom. The summed E-state index contributed by atoms with van der Waals surface area (Å²) in [5.41, 5.74) is 1.17. The van der Waals surface area contributed by atoms with E-state index >= 15 is 0 Å². The molecule has 0 fully saturated rings. The fourth-order valence-electron chi connectivity index (χ4n) is 0.975. The molecule has 0 atom stereocenters. The van der Waals surface area contributed by atoms with Crippen LogP contribution in [-0.4, -0.2) is 11.4 Å². The molecule has 4 heteroatoms. The minimum Gasteiger partial charge on any atom is -0.506 e. The van der Waals surface area contributed by atoms with Gasteiger partial charge in [0.2, 0.25) is 0 Å². The molecule has 0 amide bonds. The quantitative estimate of drug-likeness (QED) is 0.669. The molecule has 0 radical (unpaired) electrons. The summed E-state index contributed by atoms with van der Waals surface area (Å²) in [6, 6.07) is 3.48. The fraction of sp³-hybridized carbons (Fsp3) is 0.100. The van der Waals surface area contributed by atoms with E-state index in [0.717, 1.165) is 10.8 Å². The van der Waals surface area contributed by atoms with Crippen molar-refractivity contribution in [3.05, 3.63) is 32.2 Å². The maximum atomic E-state index is 10.4. The first-order chi connectivity index (χ1) is 6.54. The molecule has 0 saturated carbocycles. The lowest BCUT2D eigenvalue weighted by Gasteiger charge is -2.03. The Hall–Kier alpha value is -0.610. The summed E-state index contributed by atoms with van der Waals surface area (Å²) in [6.45, 7) is 1.68. The molecule has 74 valence electrons. The minimum atomic E-state index is 0.134. The number of carbonyl (C=O) groups excluding carboxylic acids is 1. The third kappa shape index (κ3) is 2.69. The number of benzene rings is 1. The number of phenols is 1. The van der Waals surface area contributed by atoms with Crippen molar-refractivity contribution in [1.29, 1.82) is 0 Å². The predicted octanol–water partition coefficient (Wildman–Crippen LogP) is 3.52. The van der Waals surface area contributed by atoms with Gasteiger partial charge in [-0.05, 0) is 46.6 Å². The third-order valence-electron chi connectivity index (χ3n) is 1.63. The Morgan fingerprint density at radius 3 is 2.64 bits per heavy atom. The number of carbonyl (C=O) groups is 1. The number of hydrogen-bond donors (Lipinski definition) is 1. The zero-order valence-corrected chi connectivity index (χ0v) is 10.6. The standard InChI is InChI=1S/C10H8Br2O2/c1-6(5-13)2-7-3-8(11)4-9(12)10(7)14/h2-5,14H,1H3. The molecule has 0 aliphatic rings. The first-order valence-corrected chi connectivity index (χ1v) is 5.44. The second-order valence-electron chi connectivity index (χ2n) is 2.83. The highest BCUT2D eigenvalue weighted by atomic mass is 79.9. The molecule has 1 N–H and O–H groups in total. The smallest absolute Gasteiger partial charge is 0.145 e. The maximum Gasteiger partial charge on any atom is 0.145 e. The van der Waals surface area contributed by atoms with Gasteiger partial charge in [-0.2, -0.15) is 0 Å². The van der Waals surface area contributed by atoms with Crippen LogP contribution in [0.1, 0.15) is 12.5 Å². The van der Waals surface area contributed by atoms with Crippen LogP contribution in [0.3, 0.4) is 0 Å². The second kappa shape index (κ2) is 4.75. The molecule has 1 aromatic carbocycles. The van der Waals surface area contributed by atoms with Gasteiger partial charge >= 0.3 is 0 Å². The van der Waals surface area contributed by atoms with Gasteiger partial charge in [-0.1, -0.05) is 15.9 Å². The summed E-state index contributed by atoms with van der Waals surface area (Å²) in [5, 5.41) is 9.64. The summed E-state index contributed by atoms with van der Waals surface area (Å²) >= 11 is 6.51. The topological polar surface area (TPSA) is 37.3 Å². The molecule has 0 aliphatic heterocycles. The lowest BCUT2D eigenvalue weighted by atomic mass is 10.1. The summed E-state index contributed by atoms with van der Waals surface area (Å²) in [6.07, 6.45) is 2.37. The van der Waals surface area contributed by atoms with E-state index in [1.54, 1.807) is 25.1 Å². The van der Waals surface area contributed by atoms with Crippen molar-refractivity contribution >= 4 is 44.2 Å². The first-order valence-electron chi connectivity index (χ1n) is 3.86. The van der Waals surface area contributed by atoms with Crippen LogP contribution >= 0.6 is 31.9 Å². The Labute approximate surface area is 98.9 Å². The largest absolute Gasteiger partial charge is 0.506 e. The highest BCUT2D eigenvalue weighted by molar-refractivity contribution is 9.11. The normalized spacial score (nSPS) is 11.5. The van der Waals surface area contributed by atoms with E-state index in [2.05, 4.69) is 31.9 Å². The highest BCUT2D eigenvalue weighted by Gasteiger charge is 2.05. The SMILES string of the molecule is CC(C=O)=Cc1cc(Br)cc(Br)c1O. The van der Waals surface area contributed by atoms with Crippen LogP contribution < -0.4 is 0 Å². The van der Waals surface area contributed by atoms with Gasteiger partial charge in [-0.3, -0.25) is 4.79 Å². The molecule has 1 rings (SSSR count). The number of aldehydes is 1. The van der Waals surface area contributed by atoms with Gasteiger partial charge in [0.1, 0.15) is 12.0 Å². The van der Waals surface area contributed by atoms with Gasteiger partial charge in [0, 0.05) is 10.0 Å². The Balaban J connectivity index is 3.27. The van der Waals surface area contributed by atoms with E-state index < -0.39 is 0 Å². The molecular weight excluding hydrogens is 312 g/mol. The summed E-state index contributed by atoms with van der Waals surface area (Å²) in [7, 11) is 0. The van der Waals surface area contributed by atoms with Gasteiger partial charge < -0.3 is 5.11 Å². The lowest BCUT2D eigenvalue weighted by molar-refractivity contribution is -0.104. The van der Waals surface area contributed by atoms with Crippen molar-refractivity contribution < 1.29 is 9.90 Å². The Bertz CT molecular complexity index is 397. The average Bonchev–Trinajstić information content (AvgIpc) is 2.13. The van der Waals surface area contributed by atoms with Crippen molar-refractivity contribution in [2.24, 2.45) is 0 Å². The van der Waals surface area contributed by atoms with Crippen LogP contribution in [0.4, 0.5) is 0 Å². The van der Waals surface area contributed by atoms with Crippen molar-refractivity contribution in [1.82, 2.24) is 0 Å². The van der Waals surface area contributed by atoms with E-state index in [1.807, 2.05) is 0 Å². The van der Waals surface area contributed by atoms with Gasteiger partial charge in [-0.25, -0.2) is 0 Å². The van der Waals surface area contributed by atoms with Gasteiger partial charge in [0.25, 0.3) is 0 Å². The minimum absolute atomic E-state index is 0.134. The molecule has 0 unspecified atom stereocenters. The molecule has 14 heavy (non-hydrogen) atoms. The summed E-state index contributed by atoms with van der Waals surface area (Å²) in [4.78, 5) is 10.4. The van der Waals surface area contributed by atoms with E-state index in [9.17, 15) is 9.90 Å². The number of halogens is 2. The summed E-state index contributed by atoms with van der Waals surface area (Å²) < 4.78 is 1.43. The Kier molecular flexibility index (Phi) is 3.89. The molecule has 0 bridgehead atoms. The molecule has 1 aromatic rings. The number of phenolic OH excluding ortho intramolecular Hbond substituents is 1. The van der Waals surface area contributed by atoms with Crippen molar-refractivity contribution in [3.8, 4) is 5.75 Å². The molecule has 0 saturated heterocycles. The first kappa shape index (κ1) is 11.5. The van der Waals surface area contributed by atoms with Crippen LogP contribution in [0, 0.1) is 0 Å². The Morgan fingerprint density at radius 1 is 1.43 bits per heavy atom. The van der Waals surface area contributed by atoms with E-state index in [0.29, 0.717) is 15.6 Å². The number of rotatable bonds is 2. The molecule has 0 aromatic heterocycles. The molecule has 0 heterocycles. The van der Waals surface area contributed by atoms with Gasteiger partial charge in [0.05, 0.1) is 4.47 Å². The van der Waals surface area contributed by atoms with Gasteiger partial charge in [0.15, 0.2) is 0 Å². The van der Waals surface area contributed by atoms with Crippen LogP contribution in [-0.2, 0) is 4.79 Å². The molecular formula is C10H8Br2O2.